The van der Waals surface area contributed by atoms with Crippen LogP contribution < -0.4 is 5.73 Å². The van der Waals surface area contributed by atoms with Gasteiger partial charge in [0.25, 0.3) is 0 Å². The monoisotopic (exact) mass is 243 g/mol. The molecule has 0 aliphatic heterocycles. The van der Waals surface area contributed by atoms with E-state index >= 15 is 0 Å². The zero-order valence-electron chi connectivity index (χ0n) is 10.4. The zero-order valence-corrected chi connectivity index (χ0v) is 11.2. The molecule has 94 valence electrons. The van der Waals surface area contributed by atoms with Crippen molar-refractivity contribution < 1.29 is 4.21 Å². The van der Waals surface area contributed by atoms with Gasteiger partial charge in [0.05, 0.1) is 0 Å². The zero-order chi connectivity index (χ0) is 11.5. The van der Waals surface area contributed by atoms with Gasteiger partial charge in [-0.3, -0.25) is 4.21 Å². The highest BCUT2D eigenvalue weighted by molar-refractivity contribution is 7.86. The second-order valence-electron chi connectivity index (χ2n) is 5.69. The first-order chi connectivity index (χ1) is 7.72. The highest BCUT2D eigenvalue weighted by atomic mass is 32.2. The Bertz CT molecular complexity index is 250. The predicted molar refractivity (Wildman–Crippen MR) is 69.7 cm³/mol. The first kappa shape index (κ1) is 12.6. The minimum absolute atomic E-state index is 0.400. The van der Waals surface area contributed by atoms with Gasteiger partial charge >= 0.3 is 0 Å². The molecule has 0 amide bonds. The van der Waals surface area contributed by atoms with E-state index in [0.717, 1.165) is 18.9 Å². The van der Waals surface area contributed by atoms with Crippen LogP contribution >= 0.6 is 0 Å². The van der Waals surface area contributed by atoms with Crippen molar-refractivity contribution in [3.63, 3.8) is 0 Å². The molecular formula is C13H25NOS. The Morgan fingerprint density at radius 3 is 2.50 bits per heavy atom. The lowest BCUT2D eigenvalue weighted by molar-refractivity contribution is 0.301. The maximum Gasteiger partial charge on any atom is 0.0393 e. The van der Waals surface area contributed by atoms with Crippen molar-refractivity contribution in [2.45, 2.75) is 62.4 Å². The third-order valence-electron chi connectivity index (χ3n) is 4.42. The molecule has 0 radical (unpaired) electrons. The fourth-order valence-electron chi connectivity index (χ4n) is 3.31. The summed E-state index contributed by atoms with van der Waals surface area (Å²) in [5.41, 5.74) is 5.84. The van der Waals surface area contributed by atoms with Gasteiger partial charge in [-0.2, -0.15) is 0 Å². The van der Waals surface area contributed by atoms with Gasteiger partial charge in [-0.1, -0.05) is 26.2 Å². The summed E-state index contributed by atoms with van der Waals surface area (Å²) in [5, 5.41) is 0.890. The molecule has 4 atom stereocenters. The maximum absolute atomic E-state index is 12.6. The summed E-state index contributed by atoms with van der Waals surface area (Å²) >= 11 is 0. The van der Waals surface area contributed by atoms with Crippen molar-refractivity contribution in [2.75, 3.05) is 6.54 Å². The van der Waals surface area contributed by atoms with Gasteiger partial charge in [0.15, 0.2) is 0 Å². The van der Waals surface area contributed by atoms with Crippen LogP contribution in [0.4, 0.5) is 0 Å². The van der Waals surface area contributed by atoms with Crippen LogP contribution in [0.5, 0.6) is 0 Å². The van der Waals surface area contributed by atoms with Crippen LogP contribution in [0.2, 0.25) is 0 Å². The van der Waals surface area contributed by atoms with E-state index < -0.39 is 10.8 Å². The molecule has 2 nitrogen and oxygen atoms in total. The van der Waals surface area contributed by atoms with Crippen LogP contribution in [-0.4, -0.2) is 21.3 Å². The molecule has 16 heavy (non-hydrogen) atoms. The van der Waals surface area contributed by atoms with Gasteiger partial charge in [0.2, 0.25) is 0 Å². The fourth-order valence-corrected chi connectivity index (χ4v) is 5.75. The topological polar surface area (TPSA) is 43.1 Å². The number of hydrogen-bond acceptors (Lipinski definition) is 2. The summed E-state index contributed by atoms with van der Waals surface area (Å²) in [6, 6.07) is 0. The Labute approximate surface area is 102 Å². The third-order valence-corrected chi connectivity index (χ3v) is 6.73. The first-order valence-electron chi connectivity index (χ1n) is 6.81. The molecule has 2 aliphatic carbocycles. The molecule has 0 spiro atoms. The Kier molecular flexibility index (Phi) is 4.42. The van der Waals surface area contributed by atoms with Gasteiger partial charge in [-0.05, 0) is 44.1 Å². The molecule has 0 aromatic carbocycles. The maximum atomic E-state index is 12.6. The molecule has 4 unspecified atom stereocenters. The van der Waals surface area contributed by atoms with Crippen LogP contribution in [0.25, 0.3) is 0 Å². The van der Waals surface area contributed by atoms with Crippen LogP contribution in [0, 0.1) is 11.8 Å². The molecule has 2 N–H and O–H groups in total. The third kappa shape index (κ3) is 2.67. The van der Waals surface area contributed by atoms with E-state index in [9.17, 15) is 4.21 Å². The lowest BCUT2D eigenvalue weighted by Crippen LogP contribution is -2.39. The quantitative estimate of drug-likeness (QED) is 0.827. The lowest BCUT2D eigenvalue weighted by atomic mass is 9.82. The largest absolute Gasteiger partial charge is 0.330 e. The van der Waals surface area contributed by atoms with Gasteiger partial charge < -0.3 is 5.73 Å². The normalized spacial score (nSPS) is 38.8. The van der Waals surface area contributed by atoms with E-state index in [1.165, 1.54) is 38.5 Å². The van der Waals surface area contributed by atoms with Gasteiger partial charge in [-0.15, -0.1) is 0 Å². The van der Waals surface area contributed by atoms with Gasteiger partial charge in [-0.25, -0.2) is 0 Å². The average molecular weight is 243 g/mol. The van der Waals surface area contributed by atoms with Crippen LogP contribution in [0.1, 0.15) is 51.9 Å². The minimum Gasteiger partial charge on any atom is -0.330 e. The molecule has 2 saturated carbocycles. The standard InChI is InChI=1S/C13H25NOS/c1-10-6-7-11(9-14)13(8-10)16(15)12-4-2-3-5-12/h10-13H,2-9,14H2,1H3. The van der Waals surface area contributed by atoms with E-state index in [-0.39, 0.29) is 0 Å². The van der Waals surface area contributed by atoms with Crippen molar-refractivity contribution in [1.82, 2.24) is 0 Å². The second kappa shape index (κ2) is 5.63. The van der Waals surface area contributed by atoms with Gasteiger partial charge in [0, 0.05) is 21.3 Å². The summed E-state index contributed by atoms with van der Waals surface area (Å²) in [6.07, 6.45) is 8.56. The Morgan fingerprint density at radius 2 is 1.88 bits per heavy atom. The molecule has 0 saturated heterocycles. The first-order valence-corrected chi connectivity index (χ1v) is 8.09. The van der Waals surface area contributed by atoms with Crippen molar-refractivity contribution in [1.29, 1.82) is 0 Å². The van der Waals surface area contributed by atoms with E-state index in [1.54, 1.807) is 0 Å². The molecule has 2 aliphatic rings. The summed E-state index contributed by atoms with van der Waals surface area (Å²) in [5.74, 6) is 1.27. The molecule has 3 heteroatoms. The Hall–Kier alpha value is 0.110. The molecule has 2 fully saturated rings. The molecular weight excluding hydrogens is 218 g/mol. The van der Waals surface area contributed by atoms with Crippen molar-refractivity contribution >= 4 is 10.8 Å². The number of hydrogen-bond donors (Lipinski definition) is 1. The van der Waals surface area contributed by atoms with E-state index in [4.69, 9.17) is 5.73 Å². The Morgan fingerprint density at radius 1 is 1.19 bits per heavy atom. The molecule has 0 heterocycles. The van der Waals surface area contributed by atoms with E-state index in [1.807, 2.05) is 0 Å². The fraction of sp³-hybridized carbons (Fsp3) is 1.00. The summed E-state index contributed by atoms with van der Waals surface area (Å²) < 4.78 is 12.6. The highest BCUT2D eigenvalue weighted by Crippen LogP contribution is 2.35. The molecule has 2 rings (SSSR count). The van der Waals surface area contributed by atoms with Crippen molar-refractivity contribution in [3.05, 3.63) is 0 Å². The number of rotatable bonds is 3. The Balaban J connectivity index is 2.00. The minimum atomic E-state index is -0.612. The predicted octanol–water partition coefficient (Wildman–Crippen LogP) is 2.44. The summed E-state index contributed by atoms with van der Waals surface area (Å²) in [7, 11) is -0.612. The highest BCUT2D eigenvalue weighted by Gasteiger charge is 2.36. The summed E-state index contributed by atoms with van der Waals surface area (Å²) in [4.78, 5) is 0. The van der Waals surface area contributed by atoms with E-state index in [0.29, 0.717) is 16.4 Å². The summed E-state index contributed by atoms with van der Waals surface area (Å²) in [6.45, 7) is 3.03. The van der Waals surface area contributed by atoms with Crippen molar-refractivity contribution in [2.24, 2.45) is 17.6 Å². The smallest absolute Gasteiger partial charge is 0.0393 e. The van der Waals surface area contributed by atoms with E-state index in [2.05, 4.69) is 6.92 Å². The van der Waals surface area contributed by atoms with Crippen molar-refractivity contribution in [3.8, 4) is 0 Å². The second-order valence-corrected chi connectivity index (χ2v) is 7.62. The van der Waals surface area contributed by atoms with Crippen LogP contribution in [0.3, 0.4) is 0 Å². The van der Waals surface area contributed by atoms with Gasteiger partial charge in [0.1, 0.15) is 0 Å². The molecule has 0 aromatic heterocycles. The van der Waals surface area contributed by atoms with Crippen LogP contribution in [0.15, 0.2) is 0 Å². The average Bonchev–Trinajstić information content (AvgIpc) is 2.81. The molecule has 0 aromatic rings. The molecule has 0 bridgehead atoms. The number of nitrogens with two attached hydrogens (primary N) is 1. The van der Waals surface area contributed by atoms with Crippen LogP contribution in [-0.2, 0) is 10.8 Å². The SMILES string of the molecule is CC1CCC(CN)C(S(=O)C2CCCC2)C1. The lowest BCUT2D eigenvalue weighted by Gasteiger charge is -2.35.